The van der Waals surface area contributed by atoms with Crippen molar-refractivity contribution in [3.63, 3.8) is 0 Å². The minimum Gasteiger partial charge on any atom is -0.396 e. The van der Waals surface area contributed by atoms with Crippen molar-refractivity contribution in [1.82, 2.24) is 0 Å². The van der Waals surface area contributed by atoms with Crippen molar-refractivity contribution in [2.45, 2.75) is 65.3 Å². The van der Waals surface area contributed by atoms with Crippen LogP contribution in [0.4, 0.5) is 0 Å². The molecule has 0 radical (unpaired) electrons. The molecule has 0 N–H and O–H groups in total. The predicted octanol–water partition coefficient (Wildman–Crippen LogP) is 3.64. The van der Waals surface area contributed by atoms with E-state index in [0.717, 1.165) is 26.1 Å². The number of hydrogen-bond acceptors (Lipinski definition) is 2. The molecule has 15 heavy (non-hydrogen) atoms. The molecule has 0 saturated heterocycles. The second kappa shape index (κ2) is 10.6. The fraction of sp³-hybridized carbons (Fsp3) is 1.00. The third-order valence-electron chi connectivity index (χ3n) is 2.54. The average molecular weight is 232 g/mol. The minimum atomic E-state index is -1.40. The normalized spacial score (nSPS) is 13.4. The van der Waals surface area contributed by atoms with Crippen molar-refractivity contribution < 1.29 is 8.85 Å². The Labute approximate surface area is 97.2 Å². The molecule has 0 amide bonds. The summed E-state index contributed by atoms with van der Waals surface area (Å²) in [5.41, 5.74) is 0.702. The Balaban J connectivity index is 4.02. The Bertz CT molecular complexity index is 123. The highest BCUT2D eigenvalue weighted by atomic mass is 28.3. The van der Waals surface area contributed by atoms with Gasteiger partial charge < -0.3 is 8.85 Å². The van der Waals surface area contributed by atoms with Crippen molar-refractivity contribution in [3.05, 3.63) is 0 Å². The van der Waals surface area contributed by atoms with E-state index in [1.165, 1.54) is 19.3 Å². The van der Waals surface area contributed by atoms with Crippen molar-refractivity contribution in [3.8, 4) is 0 Å². The Morgan fingerprint density at radius 3 is 1.73 bits per heavy atom. The van der Waals surface area contributed by atoms with E-state index in [4.69, 9.17) is 8.85 Å². The molecule has 0 heterocycles. The third kappa shape index (κ3) is 7.09. The fourth-order valence-corrected chi connectivity index (χ4v) is 4.26. The molecule has 0 rings (SSSR count). The summed E-state index contributed by atoms with van der Waals surface area (Å²) in [4.78, 5) is 0. The third-order valence-corrected chi connectivity index (χ3v) is 5.24. The Hall–Kier alpha value is 0.137. The van der Waals surface area contributed by atoms with E-state index >= 15 is 0 Å². The van der Waals surface area contributed by atoms with Crippen molar-refractivity contribution >= 4 is 9.28 Å². The summed E-state index contributed by atoms with van der Waals surface area (Å²) >= 11 is 0. The first-order valence-corrected chi connectivity index (χ1v) is 8.14. The van der Waals surface area contributed by atoms with Crippen molar-refractivity contribution in [1.29, 1.82) is 0 Å². The molecule has 0 aliphatic heterocycles. The second-order valence-electron chi connectivity index (χ2n) is 4.07. The van der Waals surface area contributed by atoms with Gasteiger partial charge in [0.2, 0.25) is 0 Å². The van der Waals surface area contributed by atoms with Gasteiger partial charge in [-0.25, -0.2) is 0 Å². The van der Waals surface area contributed by atoms with Gasteiger partial charge in [-0.05, 0) is 24.8 Å². The molecular formula is C12H28O2Si. The zero-order valence-corrected chi connectivity index (χ0v) is 12.1. The first-order valence-electron chi connectivity index (χ1n) is 6.53. The molecule has 0 aromatic carbocycles. The first kappa shape index (κ1) is 15.1. The molecule has 0 aromatic rings. The predicted molar refractivity (Wildman–Crippen MR) is 68.6 cm³/mol. The van der Waals surface area contributed by atoms with Crippen LogP contribution in [0, 0.1) is 0 Å². The zero-order valence-electron chi connectivity index (χ0n) is 10.9. The van der Waals surface area contributed by atoms with Gasteiger partial charge >= 0.3 is 9.28 Å². The molecule has 1 atom stereocenters. The highest BCUT2D eigenvalue weighted by Gasteiger charge is 2.23. The summed E-state index contributed by atoms with van der Waals surface area (Å²) < 4.78 is 11.8. The fourth-order valence-electron chi connectivity index (χ4n) is 1.69. The molecule has 3 heteroatoms. The largest absolute Gasteiger partial charge is 0.396 e. The van der Waals surface area contributed by atoms with Gasteiger partial charge in [0.25, 0.3) is 0 Å². The lowest BCUT2D eigenvalue weighted by atomic mass is 10.2. The molecule has 0 aliphatic carbocycles. The summed E-state index contributed by atoms with van der Waals surface area (Å²) in [7, 11) is -1.40. The lowest BCUT2D eigenvalue weighted by Gasteiger charge is -2.24. The van der Waals surface area contributed by atoms with Crippen LogP contribution in [0.5, 0.6) is 0 Å². The van der Waals surface area contributed by atoms with Gasteiger partial charge in [-0.3, -0.25) is 0 Å². The van der Waals surface area contributed by atoms with Gasteiger partial charge in [0.15, 0.2) is 0 Å². The summed E-state index contributed by atoms with van der Waals surface area (Å²) in [5, 5.41) is 0. The van der Waals surface area contributed by atoms with Gasteiger partial charge in [-0.15, -0.1) is 0 Å². The van der Waals surface area contributed by atoms with Crippen molar-refractivity contribution in [2.24, 2.45) is 0 Å². The topological polar surface area (TPSA) is 18.5 Å². The summed E-state index contributed by atoms with van der Waals surface area (Å²) in [5.74, 6) is 0. The molecule has 0 spiro atoms. The van der Waals surface area contributed by atoms with Gasteiger partial charge in [-0.2, -0.15) is 0 Å². The molecule has 0 aromatic heterocycles. The summed E-state index contributed by atoms with van der Waals surface area (Å²) in [6.45, 7) is 10.6. The van der Waals surface area contributed by atoms with Gasteiger partial charge in [-0.1, -0.05) is 40.5 Å². The molecule has 0 saturated carbocycles. The maximum Gasteiger partial charge on any atom is 0.324 e. The zero-order chi connectivity index (χ0) is 11.5. The molecule has 0 fully saturated rings. The Kier molecular flexibility index (Phi) is 10.7. The number of hydrogen-bond donors (Lipinski definition) is 0. The lowest BCUT2D eigenvalue weighted by molar-refractivity contribution is 0.185. The minimum absolute atomic E-state index is 0.702. The molecule has 2 nitrogen and oxygen atoms in total. The van der Waals surface area contributed by atoms with E-state index in [9.17, 15) is 0 Å². The van der Waals surface area contributed by atoms with E-state index in [1.807, 2.05) is 0 Å². The van der Waals surface area contributed by atoms with Crippen LogP contribution in [0.2, 0.25) is 5.54 Å². The van der Waals surface area contributed by atoms with E-state index in [-0.39, 0.29) is 0 Å². The van der Waals surface area contributed by atoms with E-state index in [0.29, 0.717) is 5.54 Å². The smallest absolute Gasteiger partial charge is 0.324 e. The van der Waals surface area contributed by atoms with E-state index in [2.05, 4.69) is 27.7 Å². The standard InChI is InChI=1S/C12H28O2Si/c1-5-9-12(8-4)15(13-10-6-2)14-11-7-3/h12,15H,5-11H2,1-4H3. The Morgan fingerprint density at radius 1 is 0.867 bits per heavy atom. The number of rotatable bonds is 10. The van der Waals surface area contributed by atoms with E-state index in [1.54, 1.807) is 0 Å². The summed E-state index contributed by atoms with van der Waals surface area (Å²) in [6.07, 6.45) is 5.91. The lowest BCUT2D eigenvalue weighted by Crippen LogP contribution is -2.29. The van der Waals surface area contributed by atoms with Crippen LogP contribution < -0.4 is 0 Å². The molecule has 92 valence electrons. The molecule has 1 unspecified atom stereocenters. The first-order chi connectivity index (χ1) is 7.29. The van der Waals surface area contributed by atoms with Crippen molar-refractivity contribution in [2.75, 3.05) is 13.2 Å². The Morgan fingerprint density at radius 2 is 1.40 bits per heavy atom. The van der Waals surface area contributed by atoms with E-state index < -0.39 is 9.28 Å². The van der Waals surface area contributed by atoms with Crippen LogP contribution >= 0.6 is 0 Å². The van der Waals surface area contributed by atoms with Crippen LogP contribution in [0.1, 0.15) is 59.8 Å². The average Bonchev–Trinajstić information content (AvgIpc) is 2.27. The highest BCUT2D eigenvalue weighted by Crippen LogP contribution is 2.23. The molecule has 0 bridgehead atoms. The maximum atomic E-state index is 5.92. The quantitative estimate of drug-likeness (QED) is 0.535. The van der Waals surface area contributed by atoms with Gasteiger partial charge in [0, 0.05) is 13.2 Å². The van der Waals surface area contributed by atoms with Crippen LogP contribution in [0.25, 0.3) is 0 Å². The second-order valence-corrected chi connectivity index (χ2v) is 6.41. The summed E-state index contributed by atoms with van der Waals surface area (Å²) in [6, 6.07) is 0. The van der Waals surface area contributed by atoms with Crippen LogP contribution in [-0.4, -0.2) is 22.5 Å². The van der Waals surface area contributed by atoms with Gasteiger partial charge in [0.05, 0.1) is 0 Å². The van der Waals surface area contributed by atoms with Gasteiger partial charge in [0.1, 0.15) is 0 Å². The van der Waals surface area contributed by atoms with Crippen LogP contribution in [0.3, 0.4) is 0 Å². The monoisotopic (exact) mass is 232 g/mol. The highest BCUT2D eigenvalue weighted by molar-refractivity contribution is 6.46. The van der Waals surface area contributed by atoms with Crippen LogP contribution in [-0.2, 0) is 8.85 Å². The van der Waals surface area contributed by atoms with Crippen LogP contribution in [0.15, 0.2) is 0 Å². The molecular weight excluding hydrogens is 204 g/mol. The molecule has 0 aliphatic rings. The maximum absolute atomic E-state index is 5.92. The SMILES string of the molecule is CCCO[SiH](OCCC)C(CC)CCC.